The summed E-state index contributed by atoms with van der Waals surface area (Å²) in [6, 6.07) is 7.02. The smallest absolute Gasteiger partial charge is 0.256 e. The van der Waals surface area contributed by atoms with Crippen LogP contribution in [0.25, 0.3) is 16.6 Å². The maximum Gasteiger partial charge on any atom is 0.256 e. The summed E-state index contributed by atoms with van der Waals surface area (Å²) in [6.45, 7) is 12.7. The first-order chi connectivity index (χ1) is 18.9. The number of hydrogen-bond donors (Lipinski definition) is 2. The molecule has 202 valence electrons. The molecule has 1 aliphatic rings. The molecule has 1 aliphatic heterocycles. The van der Waals surface area contributed by atoms with Gasteiger partial charge in [-0.15, -0.1) is 0 Å². The number of carbonyl (C=O) groups is 1. The number of piperazine rings is 1. The van der Waals surface area contributed by atoms with Gasteiger partial charge in [0.25, 0.3) is 5.91 Å². The summed E-state index contributed by atoms with van der Waals surface area (Å²) in [5.74, 6) is 1.69. The van der Waals surface area contributed by atoms with E-state index in [1.165, 1.54) is 6.33 Å². The highest BCUT2D eigenvalue weighted by Gasteiger charge is 2.20. The quantitative estimate of drug-likeness (QED) is 0.330. The van der Waals surface area contributed by atoms with Crippen molar-refractivity contribution in [1.29, 1.82) is 0 Å². The minimum Gasteiger partial charge on any atom is -0.383 e. The van der Waals surface area contributed by atoms with Crippen LogP contribution in [0.2, 0.25) is 0 Å². The molecule has 4 aromatic rings. The largest absolute Gasteiger partial charge is 0.383 e. The van der Waals surface area contributed by atoms with E-state index in [9.17, 15) is 4.79 Å². The fraction of sp³-hybridized carbons (Fsp3) is 0.333. The van der Waals surface area contributed by atoms with Crippen LogP contribution < -0.4 is 15.5 Å². The van der Waals surface area contributed by atoms with Gasteiger partial charge in [0.05, 0.1) is 12.8 Å². The molecule has 2 N–H and O–H groups in total. The van der Waals surface area contributed by atoms with Crippen molar-refractivity contribution >= 4 is 45.8 Å². The second-order valence-electron chi connectivity index (χ2n) is 9.41. The Balaban J connectivity index is 1.35. The highest BCUT2D eigenvalue weighted by Crippen LogP contribution is 2.26. The molecule has 0 radical (unpaired) electrons. The summed E-state index contributed by atoms with van der Waals surface area (Å²) in [6.07, 6.45) is 3.19. The van der Waals surface area contributed by atoms with Gasteiger partial charge in [-0.2, -0.15) is 0 Å². The van der Waals surface area contributed by atoms with Gasteiger partial charge >= 0.3 is 0 Å². The van der Waals surface area contributed by atoms with Crippen LogP contribution in [0.15, 0.2) is 47.9 Å². The summed E-state index contributed by atoms with van der Waals surface area (Å²) in [4.78, 5) is 35.6. The van der Waals surface area contributed by atoms with Gasteiger partial charge < -0.3 is 24.8 Å². The minimum absolute atomic E-state index is 0.318. The van der Waals surface area contributed by atoms with Crippen molar-refractivity contribution in [2.75, 3.05) is 62.0 Å². The van der Waals surface area contributed by atoms with Gasteiger partial charge in [0.2, 0.25) is 5.95 Å². The van der Waals surface area contributed by atoms with E-state index >= 15 is 0 Å². The van der Waals surface area contributed by atoms with Crippen molar-refractivity contribution in [3.05, 3.63) is 60.3 Å². The number of amides is 1. The molecule has 5 rings (SSSR count). The molecule has 0 saturated carbocycles. The van der Waals surface area contributed by atoms with Gasteiger partial charge in [0, 0.05) is 57.2 Å². The first kappa shape index (κ1) is 26.2. The van der Waals surface area contributed by atoms with Crippen LogP contribution >= 0.6 is 0 Å². The van der Waals surface area contributed by atoms with Gasteiger partial charge in [0.15, 0.2) is 17.4 Å². The first-order valence-electron chi connectivity index (χ1n) is 12.7. The Hall–Kier alpha value is -4.42. The molecule has 0 bridgehead atoms. The summed E-state index contributed by atoms with van der Waals surface area (Å²) < 4.78 is 10.4. The number of nitrogens with zero attached hydrogens (tertiary/aromatic N) is 7. The predicted octanol–water partition coefficient (Wildman–Crippen LogP) is 3.51. The highest BCUT2D eigenvalue weighted by atomic mass is 16.5. The number of hydrogen-bond acceptors (Lipinski definition) is 11. The third-order valence-electron chi connectivity index (χ3n) is 6.56. The lowest BCUT2D eigenvalue weighted by Crippen LogP contribution is -2.47. The molecule has 0 unspecified atom stereocenters. The number of anilines is 4. The normalized spacial score (nSPS) is 14.0. The molecule has 1 saturated heterocycles. The topological polar surface area (TPSA) is 134 Å². The van der Waals surface area contributed by atoms with E-state index in [0.717, 1.165) is 56.2 Å². The number of aryl methyl sites for hydroxylation is 1. The van der Waals surface area contributed by atoms with E-state index in [4.69, 9.17) is 14.2 Å². The van der Waals surface area contributed by atoms with Crippen LogP contribution in [-0.4, -0.2) is 82.3 Å². The summed E-state index contributed by atoms with van der Waals surface area (Å²) in [5.41, 5.74) is 4.05. The Kier molecular flexibility index (Phi) is 7.75. The molecule has 1 amide bonds. The molecular formula is C27H31N9O3. The molecule has 39 heavy (non-hydrogen) atoms. The minimum atomic E-state index is -0.318. The number of methoxy groups -OCH3 is 1. The van der Waals surface area contributed by atoms with Gasteiger partial charge in [-0.1, -0.05) is 17.8 Å². The zero-order valence-corrected chi connectivity index (χ0v) is 22.3. The Morgan fingerprint density at radius 2 is 1.97 bits per heavy atom. The van der Waals surface area contributed by atoms with E-state index < -0.39 is 0 Å². The van der Waals surface area contributed by atoms with Crippen molar-refractivity contribution < 1.29 is 14.1 Å². The van der Waals surface area contributed by atoms with Crippen LogP contribution in [0.1, 0.15) is 28.6 Å². The molecule has 1 fully saturated rings. The van der Waals surface area contributed by atoms with Gasteiger partial charge in [0.1, 0.15) is 17.4 Å². The third kappa shape index (κ3) is 6.02. The molecule has 0 atom stereocenters. The lowest BCUT2D eigenvalue weighted by Gasteiger charge is -2.34. The molecule has 0 spiro atoms. The lowest BCUT2D eigenvalue weighted by molar-refractivity contribution is 0.102. The molecule has 3 aromatic heterocycles. The Morgan fingerprint density at radius 3 is 2.72 bits per heavy atom. The van der Waals surface area contributed by atoms with Crippen molar-refractivity contribution in [2.45, 2.75) is 13.8 Å². The molecule has 4 heterocycles. The molecule has 0 aliphatic carbocycles. The zero-order chi connectivity index (χ0) is 27.4. The van der Waals surface area contributed by atoms with Crippen molar-refractivity contribution in [3.63, 3.8) is 0 Å². The number of carbonyl (C=O) groups excluding carboxylic acids is 1. The Labute approximate surface area is 226 Å². The number of fused-ring (bicyclic) bond motifs is 1. The van der Waals surface area contributed by atoms with E-state index in [1.54, 1.807) is 38.4 Å². The SMILES string of the molecule is C=C(C)c1cc(NC(=O)c2ccc(C)c(Nc3ncnc4cnc(N5CCN(CCOC)CC5)nc34)c2)no1. The van der Waals surface area contributed by atoms with E-state index in [0.29, 0.717) is 39.9 Å². The van der Waals surface area contributed by atoms with Gasteiger partial charge in [-0.25, -0.2) is 19.9 Å². The number of allylic oxidation sites excluding steroid dienone is 1. The number of ether oxygens (including phenoxy) is 1. The van der Waals surface area contributed by atoms with Gasteiger partial charge in [-0.3, -0.25) is 9.69 Å². The summed E-state index contributed by atoms with van der Waals surface area (Å²) in [7, 11) is 1.72. The van der Waals surface area contributed by atoms with Crippen LogP contribution in [-0.2, 0) is 4.74 Å². The summed E-state index contributed by atoms with van der Waals surface area (Å²) >= 11 is 0. The molecule has 12 heteroatoms. The predicted molar refractivity (Wildman–Crippen MR) is 149 cm³/mol. The second kappa shape index (κ2) is 11.5. The van der Waals surface area contributed by atoms with Crippen molar-refractivity contribution in [2.24, 2.45) is 0 Å². The zero-order valence-electron chi connectivity index (χ0n) is 22.3. The first-order valence-corrected chi connectivity index (χ1v) is 12.7. The average molecular weight is 530 g/mol. The lowest BCUT2D eigenvalue weighted by atomic mass is 10.1. The fourth-order valence-corrected chi connectivity index (χ4v) is 4.23. The Bertz CT molecular complexity index is 1500. The second-order valence-corrected chi connectivity index (χ2v) is 9.41. The molecule has 12 nitrogen and oxygen atoms in total. The fourth-order valence-electron chi connectivity index (χ4n) is 4.23. The average Bonchev–Trinajstić information content (AvgIpc) is 3.42. The van der Waals surface area contributed by atoms with E-state index in [-0.39, 0.29) is 5.91 Å². The third-order valence-corrected chi connectivity index (χ3v) is 6.56. The summed E-state index contributed by atoms with van der Waals surface area (Å²) in [5, 5.41) is 9.98. The number of rotatable bonds is 9. The van der Waals surface area contributed by atoms with E-state index in [2.05, 4.69) is 47.1 Å². The van der Waals surface area contributed by atoms with Crippen LogP contribution in [0.4, 0.5) is 23.3 Å². The van der Waals surface area contributed by atoms with Gasteiger partial charge in [-0.05, 0) is 37.1 Å². The number of nitrogens with one attached hydrogen (secondary N) is 2. The van der Waals surface area contributed by atoms with Crippen molar-refractivity contribution in [1.82, 2.24) is 30.0 Å². The number of benzene rings is 1. The standard InChI is InChI=1S/C27H31N9O3/c1-17(2)22-14-23(34-39-22)32-26(37)19-6-5-18(3)20(13-19)31-25-24-21(29-16-30-25)15-28-27(33-24)36-9-7-35(8-10-36)11-12-38-4/h5-6,13-16H,1,7-12H2,2-4H3,(H,29,30,31)(H,32,34,37). The van der Waals surface area contributed by atoms with Crippen molar-refractivity contribution in [3.8, 4) is 0 Å². The maximum atomic E-state index is 12.9. The van der Waals surface area contributed by atoms with E-state index in [1.807, 2.05) is 13.0 Å². The maximum absolute atomic E-state index is 12.9. The van der Waals surface area contributed by atoms with Crippen LogP contribution in [0.3, 0.4) is 0 Å². The van der Waals surface area contributed by atoms with Crippen LogP contribution in [0.5, 0.6) is 0 Å². The highest BCUT2D eigenvalue weighted by molar-refractivity contribution is 6.04. The Morgan fingerprint density at radius 1 is 1.15 bits per heavy atom. The molecular weight excluding hydrogens is 498 g/mol. The molecule has 1 aromatic carbocycles. The van der Waals surface area contributed by atoms with Crippen LogP contribution in [0, 0.1) is 6.92 Å². The number of aromatic nitrogens is 5. The monoisotopic (exact) mass is 529 g/mol.